The maximum Gasteiger partial charge on any atom is 0.306 e. The molecule has 5 heteroatoms. The molecule has 0 aromatic heterocycles. The van der Waals surface area contributed by atoms with Crippen LogP contribution in [0.4, 0.5) is 0 Å². The van der Waals surface area contributed by atoms with E-state index in [-0.39, 0.29) is 6.42 Å². The molecule has 4 nitrogen and oxygen atoms in total. The second kappa shape index (κ2) is 4.17. The van der Waals surface area contributed by atoms with E-state index in [1.807, 2.05) is 37.3 Å². The largest absolute Gasteiger partial charge is 0.481 e. The Morgan fingerprint density at radius 2 is 2.19 bits per heavy atom. The van der Waals surface area contributed by atoms with E-state index in [0.29, 0.717) is 0 Å². The number of rotatable bonds is 3. The van der Waals surface area contributed by atoms with Crippen LogP contribution in [0.2, 0.25) is 0 Å². The van der Waals surface area contributed by atoms with E-state index in [1.165, 1.54) is 11.8 Å². The van der Waals surface area contributed by atoms with Crippen LogP contribution < -0.4 is 5.43 Å². The Morgan fingerprint density at radius 3 is 2.81 bits per heavy atom. The van der Waals surface area contributed by atoms with Crippen molar-refractivity contribution < 1.29 is 9.90 Å². The van der Waals surface area contributed by atoms with Crippen LogP contribution in [-0.4, -0.2) is 21.0 Å². The maximum atomic E-state index is 10.7. The number of hydrogen-bond donors (Lipinski definition) is 2. The van der Waals surface area contributed by atoms with E-state index < -0.39 is 10.8 Å². The molecule has 2 N–H and O–H groups in total. The highest BCUT2D eigenvalue weighted by Crippen LogP contribution is 2.34. The lowest BCUT2D eigenvalue weighted by molar-refractivity contribution is -0.137. The lowest BCUT2D eigenvalue weighted by Gasteiger charge is -2.19. The first-order valence-electron chi connectivity index (χ1n) is 4.90. The number of nitrogens with zero attached hydrogens (tertiary/aromatic N) is 1. The predicted molar refractivity (Wildman–Crippen MR) is 64.4 cm³/mol. The summed E-state index contributed by atoms with van der Waals surface area (Å²) in [6.45, 7) is 1.84. The minimum Gasteiger partial charge on any atom is -0.481 e. The summed E-state index contributed by atoms with van der Waals surface area (Å²) in [5, 5.41) is 13.8. The number of carboxylic acids is 1. The minimum absolute atomic E-state index is 0.0392. The van der Waals surface area contributed by atoms with E-state index in [4.69, 9.17) is 5.11 Å². The molecule has 2 rings (SSSR count). The van der Waals surface area contributed by atoms with Gasteiger partial charge in [0, 0.05) is 5.56 Å². The first-order chi connectivity index (χ1) is 7.59. The molecular formula is C11H12N2O2S. The average Bonchev–Trinajstić information content (AvgIpc) is 2.61. The Bertz CT molecular complexity index is 433. The first kappa shape index (κ1) is 11.0. The Morgan fingerprint density at radius 1 is 1.50 bits per heavy atom. The zero-order valence-electron chi connectivity index (χ0n) is 8.80. The molecule has 16 heavy (non-hydrogen) atoms. The molecule has 0 bridgehead atoms. The van der Waals surface area contributed by atoms with Gasteiger partial charge >= 0.3 is 5.97 Å². The summed E-state index contributed by atoms with van der Waals surface area (Å²) in [6.07, 6.45) is 0.0392. The molecule has 1 aliphatic heterocycles. The second-order valence-corrected chi connectivity index (χ2v) is 5.29. The smallest absolute Gasteiger partial charge is 0.306 e. The monoisotopic (exact) mass is 236 g/mol. The zero-order chi connectivity index (χ0) is 11.6. The molecule has 0 saturated heterocycles. The summed E-state index contributed by atoms with van der Waals surface area (Å²) in [7, 11) is 0. The first-order valence-corrected chi connectivity index (χ1v) is 5.72. The van der Waals surface area contributed by atoms with Crippen molar-refractivity contribution in [3.63, 3.8) is 0 Å². The topological polar surface area (TPSA) is 61.7 Å². The van der Waals surface area contributed by atoms with Gasteiger partial charge in [-0.2, -0.15) is 5.10 Å². The highest BCUT2D eigenvalue weighted by Gasteiger charge is 2.34. The fourth-order valence-electron chi connectivity index (χ4n) is 1.50. The van der Waals surface area contributed by atoms with Crippen LogP contribution in [0.15, 0.2) is 35.4 Å². The molecule has 0 amide bonds. The molecule has 1 atom stereocenters. The third-order valence-corrected chi connectivity index (χ3v) is 3.43. The molecule has 0 aliphatic carbocycles. The normalized spacial score (nSPS) is 23.7. The highest BCUT2D eigenvalue weighted by molar-refractivity contribution is 8.15. The van der Waals surface area contributed by atoms with E-state index in [2.05, 4.69) is 10.5 Å². The molecule has 1 unspecified atom stereocenters. The number of aliphatic carboxylic acids is 1. The molecule has 0 radical (unpaired) electrons. The standard InChI is InChI=1S/C11H12N2O2S/c1-11(7-9(14)15)13-12-10(16-11)8-5-3-2-4-6-8/h2-6,13H,7H2,1H3,(H,14,15). The van der Waals surface area contributed by atoms with Gasteiger partial charge in [-0.3, -0.25) is 10.2 Å². The van der Waals surface area contributed by atoms with Gasteiger partial charge in [0.15, 0.2) is 0 Å². The van der Waals surface area contributed by atoms with Gasteiger partial charge in [0.1, 0.15) is 9.91 Å². The van der Waals surface area contributed by atoms with Crippen LogP contribution in [-0.2, 0) is 4.79 Å². The molecule has 1 heterocycles. The molecule has 0 fully saturated rings. The quantitative estimate of drug-likeness (QED) is 0.841. The van der Waals surface area contributed by atoms with E-state index in [9.17, 15) is 4.79 Å². The molecule has 1 aromatic rings. The van der Waals surface area contributed by atoms with Gasteiger partial charge < -0.3 is 5.11 Å². The molecule has 0 spiro atoms. The minimum atomic E-state index is -0.827. The van der Waals surface area contributed by atoms with Crippen molar-refractivity contribution in [1.82, 2.24) is 5.43 Å². The number of carbonyl (C=O) groups is 1. The van der Waals surface area contributed by atoms with Crippen LogP contribution in [0.3, 0.4) is 0 Å². The third kappa shape index (κ3) is 2.36. The predicted octanol–water partition coefficient (Wildman–Crippen LogP) is 1.88. The van der Waals surface area contributed by atoms with E-state index in [1.54, 1.807) is 0 Å². The van der Waals surface area contributed by atoms with Crippen LogP contribution in [0.25, 0.3) is 0 Å². The van der Waals surface area contributed by atoms with Crippen molar-refractivity contribution in [1.29, 1.82) is 0 Å². The van der Waals surface area contributed by atoms with Gasteiger partial charge in [-0.25, -0.2) is 0 Å². The molecular weight excluding hydrogens is 224 g/mol. The number of nitrogens with one attached hydrogen (secondary N) is 1. The number of hydrazone groups is 1. The zero-order valence-corrected chi connectivity index (χ0v) is 9.62. The Kier molecular flexibility index (Phi) is 2.87. The van der Waals surface area contributed by atoms with Crippen LogP contribution in [0.5, 0.6) is 0 Å². The average molecular weight is 236 g/mol. The van der Waals surface area contributed by atoms with Gasteiger partial charge in [-0.15, -0.1) is 0 Å². The summed E-state index contributed by atoms with van der Waals surface area (Å²) in [6, 6.07) is 9.73. The number of carboxylic acid groups (broad SMARTS) is 1. The van der Waals surface area contributed by atoms with Gasteiger partial charge in [0.25, 0.3) is 0 Å². The van der Waals surface area contributed by atoms with Gasteiger partial charge in [0.2, 0.25) is 0 Å². The molecule has 1 aromatic carbocycles. The maximum absolute atomic E-state index is 10.7. The summed E-state index contributed by atoms with van der Waals surface area (Å²) < 4.78 is 0. The fourth-order valence-corrected chi connectivity index (χ4v) is 2.56. The number of benzene rings is 1. The van der Waals surface area contributed by atoms with Crippen molar-refractivity contribution >= 4 is 22.8 Å². The molecule has 1 aliphatic rings. The van der Waals surface area contributed by atoms with Crippen molar-refractivity contribution in [3.8, 4) is 0 Å². The van der Waals surface area contributed by atoms with Crippen LogP contribution >= 0.6 is 11.8 Å². The SMILES string of the molecule is CC1(CC(=O)O)NN=C(c2ccccc2)S1. The third-order valence-electron chi connectivity index (χ3n) is 2.23. The lowest BCUT2D eigenvalue weighted by Crippen LogP contribution is -2.34. The number of hydrogen-bond acceptors (Lipinski definition) is 4. The van der Waals surface area contributed by atoms with Crippen molar-refractivity contribution in [2.45, 2.75) is 18.2 Å². The van der Waals surface area contributed by atoms with Crippen molar-refractivity contribution in [2.24, 2.45) is 5.10 Å². The lowest BCUT2D eigenvalue weighted by atomic mass is 10.2. The summed E-state index contributed by atoms with van der Waals surface area (Å²) in [5.74, 6) is -0.827. The van der Waals surface area contributed by atoms with Gasteiger partial charge in [0.05, 0.1) is 6.42 Å². The number of thioether (sulfide) groups is 1. The van der Waals surface area contributed by atoms with E-state index >= 15 is 0 Å². The summed E-state index contributed by atoms with van der Waals surface area (Å²) >= 11 is 1.45. The Hall–Kier alpha value is -1.49. The fraction of sp³-hybridized carbons (Fsp3) is 0.273. The van der Waals surface area contributed by atoms with Crippen LogP contribution in [0, 0.1) is 0 Å². The van der Waals surface area contributed by atoms with Crippen molar-refractivity contribution in [2.75, 3.05) is 0 Å². The Balaban J connectivity index is 2.10. The van der Waals surface area contributed by atoms with Gasteiger partial charge in [-0.05, 0) is 6.92 Å². The highest BCUT2D eigenvalue weighted by atomic mass is 32.2. The van der Waals surface area contributed by atoms with E-state index in [0.717, 1.165) is 10.6 Å². The van der Waals surface area contributed by atoms with Crippen molar-refractivity contribution in [3.05, 3.63) is 35.9 Å². The summed E-state index contributed by atoms with van der Waals surface area (Å²) in [5.41, 5.74) is 3.89. The second-order valence-electron chi connectivity index (χ2n) is 3.80. The Labute approximate surface area is 97.7 Å². The molecule has 84 valence electrons. The van der Waals surface area contributed by atoms with Gasteiger partial charge in [-0.1, -0.05) is 42.1 Å². The molecule has 0 saturated carbocycles. The van der Waals surface area contributed by atoms with Crippen LogP contribution in [0.1, 0.15) is 18.9 Å². The summed E-state index contributed by atoms with van der Waals surface area (Å²) in [4.78, 5) is 10.2.